The molecule has 0 unspecified atom stereocenters. The number of nitrogens with zero attached hydrogens (tertiary/aromatic N) is 3. The predicted molar refractivity (Wildman–Crippen MR) is 120 cm³/mol. The minimum absolute atomic E-state index is 0. The van der Waals surface area contributed by atoms with Crippen molar-refractivity contribution in [3.05, 3.63) is 40.9 Å². The number of nitrogens with one attached hydrogen (secondary N) is 2. The van der Waals surface area contributed by atoms with Crippen molar-refractivity contribution in [2.24, 2.45) is 15.8 Å². The zero-order chi connectivity index (χ0) is 19.5. The number of hydrogen-bond acceptors (Lipinski definition) is 8. The van der Waals surface area contributed by atoms with Crippen LogP contribution in [0.25, 0.3) is 0 Å². The van der Waals surface area contributed by atoms with Crippen LogP contribution in [-0.4, -0.2) is 38.4 Å². The Morgan fingerprint density at radius 3 is 2.71 bits per heavy atom. The van der Waals surface area contributed by atoms with Gasteiger partial charge in [-0.05, 0) is 24.1 Å². The van der Waals surface area contributed by atoms with Crippen molar-refractivity contribution in [3.8, 4) is 0 Å². The van der Waals surface area contributed by atoms with Crippen LogP contribution in [0.4, 0.5) is 5.13 Å². The van der Waals surface area contributed by atoms with Gasteiger partial charge in [0.15, 0.2) is 0 Å². The maximum atomic E-state index is 12.1. The van der Waals surface area contributed by atoms with Crippen molar-refractivity contribution in [2.45, 2.75) is 24.0 Å². The molecule has 0 bridgehead atoms. The van der Waals surface area contributed by atoms with Gasteiger partial charge in [0.1, 0.15) is 6.34 Å². The molecule has 8 nitrogen and oxygen atoms in total. The third kappa shape index (κ3) is 8.15. The number of benzene rings is 1. The minimum Gasteiger partial charge on any atom is -0.315 e. The summed E-state index contributed by atoms with van der Waals surface area (Å²) in [6, 6.07) is 6.81. The van der Waals surface area contributed by atoms with Gasteiger partial charge in [-0.15, -0.1) is 23.7 Å². The lowest BCUT2D eigenvalue weighted by molar-refractivity contribution is 0.593. The second-order valence-corrected chi connectivity index (χ2v) is 8.91. The summed E-state index contributed by atoms with van der Waals surface area (Å²) in [5.41, 5.74) is 4.36. The fourth-order valence-electron chi connectivity index (χ4n) is 1.95. The fourth-order valence-corrected chi connectivity index (χ4v) is 4.30. The Morgan fingerprint density at radius 2 is 2.04 bits per heavy atom. The summed E-state index contributed by atoms with van der Waals surface area (Å²) in [5.74, 6) is 6.61. The van der Waals surface area contributed by atoms with Crippen LogP contribution in [0.1, 0.15) is 18.2 Å². The number of nitrogens with two attached hydrogens (primary N) is 1. The Balaban J connectivity index is 0.00000392. The molecule has 0 atom stereocenters. The molecule has 28 heavy (non-hydrogen) atoms. The molecule has 1 aromatic heterocycles. The van der Waals surface area contributed by atoms with Crippen LogP contribution in [0.5, 0.6) is 0 Å². The van der Waals surface area contributed by atoms with Gasteiger partial charge >= 0.3 is 0 Å². The molecule has 0 aliphatic heterocycles. The summed E-state index contributed by atoms with van der Waals surface area (Å²) in [4.78, 5) is 12.7. The summed E-state index contributed by atoms with van der Waals surface area (Å²) < 4.78 is 26.7. The molecule has 12 heteroatoms. The van der Waals surface area contributed by atoms with Crippen LogP contribution in [0, 0.1) is 0 Å². The lowest BCUT2D eigenvalue weighted by Crippen LogP contribution is -2.22. The van der Waals surface area contributed by atoms with Gasteiger partial charge in [0.05, 0.1) is 16.9 Å². The molecule has 0 aliphatic carbocycles. The molecular weight excluding hydrogens is 440 g/mol. The van der Waals surface area contributed by atoms with E-state index < -0.39 is 10.0 Å². The molecule has 0 fully saturated rings. The molecule has 154 valence electrons. The Kier molecular flexibility index (Phi) is 11.1. The Hall–Kier alpha value is -1.66. The van der Waals surface area contributed by atoms with Gasteiger partial charge in [-0.3, -0.25) is 9.71 Å². The summed E-state index contributed by atoms with van der Waals surface area (Å²) in [6.07, 6.45) is 3.48. The molecule has 0 saturated carbocycles. The van der Waals surface area contributed by atoms with E-state index in [-0.39, 0.29) is 17.3 Å². The monoisotopic (exact) mass is 462 g/mol. The van der Waals surface area contributed by atoms with E-state index in [1.165, 1.54) is 24.0 Å². The van der Waals surface area contributed by atoms with Crippen molar-refractivity contribution in [1.29, 1.82) is 0 Å². The number of halogens is 1. The largest absolute Gasteiger partial charge is 0.315 e. The Morgan fingerprint density at radius 1 is 1.29 bits per heavy atom. The van der Waals surface area contributed by atoms with Crippen LogP contribution < -0.4 is 16.0 Å². The average molecular weight is 463 g/mol. The standard InChI is InChI=1S/C16H22N6O2S3.ClH/c1-2-13-3-5-15(6-4-13)27(23,24)21-11-18-7-8-25-9-14-10-26-16(22-14)19-12-20-17;/h3-6,10-12H,2,7-9,17H2,1H3,(H,18,21)(H,19,20,22);1H. The number of aliphatic imine (C=N–C) groups is 2. The number of aryl methyl sites for hydroxylation is 1. The van der Waals surface area contributed by atoms with E-state index in [9.17, 15) is 8.42 Å². The first-order chi connectivity index (χ1) is 13.0. The number of hydrogen-bond donors (Lipinski definition) is 3. The smallest absolute Gasteiger partial charge is 0.262 e. The van der Waals surface area contributed by atoms with E-state index in [1.54, 1.807) is 23.9 Å². The lowest BCUT2D eigenvalue weighted by Gasteiger charge is -2.04. The molecule has 1 heterocycles. The number of thioether (sulfide) groups is 1. The number of thiazole rings is 1. The van der Waals surface area contributed by atoms with Gasteiger partial charge < -0.3 is 5.43 Å². The van der Waals surface area contributed by atoms with E-state index in [2.05, 4.69) is 25.1 Å². The summed E-state index contributed by atoms with van der Waals surface area (Å²) in [6.45, 7) is 2.53. The molecule has 0 spiro atoms. The van der Waals surface area contributed by atoms with E-state index >= 15 is 0 Å². The van der Waals surface area contributed by atoms with Crippen LogP contribution >= 0.6 is 35.5 Å². The molecule has 2 rings (SSSR count). The Bertz CT molecular complexity index is 869. The highest BCUT2D eigenvalue weighted by Crippen LogP contribution is 2.21. The van der Waals surface area contributed by atoms with Gasteiger partial charge in [-0.25, -0.2) is 24.2 Å². The molecule has 4 N–H and O–H groups in total. The first-order valence-electron chi connectivity index (χ1n) is 8.15. The van der Waals surface area contributed by atoms with Crippen molar-refractivity contribution >= 4 is 63.3 Å². The topological polar surface area (TPSA) is 122 Å². The molecule has 2 aromatic rings. The van der Waals surface area contributed by atoms with E-state index in [1.807, 2.05) is 24.4 Å². The molecule has 0 saturated heterocycles. The zero-order valence-corrected chi connectivity index (χ0v) is 18.5. The van der Waals surface area contributed by atoms with Crippen molar-refractivity contribution < 1.29 is 8.42 Å². The maximum absolute atomic E-state index is 12.1. The molecule has 1 aromatic carbocycles. The summed E-state index contributed by atoms with van der Waals surface area (Å²) >= 11 is 3.10. The highest BCUT2D eigenvalue weighted by atomic mass is 35.5. The highest BCUT2D eigenvalue weighted by molar-refractivity contribution is 7.98. The van der Waals surface area contributed by atoms with E-state index in [0.29, 0.717) is 11.7 Å². The minimum atomic E-state index is -3.57. The Labute approximate surface area is 179 Å². The van der Waals surface area contributed by atoms with Gasteiger partial charge in [-0.1, -0.05) is 19.1 Å². The van der Waals surface area contributed by atoms with Crippen LogP contribution in [-0.2, 0) is 22.2 Å². The summed E-state index contributed by atoms with van der Waals surface area (Å²) in [5, 5.41) is 2.58. The molecule has 0 amide bonds. The number of sulfonamides is 1. The average Bonchev–Trinajstić information content (AvgIpc) is 3.13. The zero-order valence-electron chi connectivity index (χ0n) is 15.2. The van der Waals surface area contributed by atoms with Gasteiger partial charge in [0.25, 0.3) is 10.0 Å². The van der Waals surface area contributed by atoms with Crippen molar-refractivity contribution in [2.75, 3.05) is 12.3 Å². The highest BCUT2D eigenvalue weighted by Gasteiger charge is 2.11. The van der Waals surface area contributed by atoms with Crippen molar-refractivity contribution in [3.63, 3.8) is 0 Å². The van der Waals surface area contributed by atoms with Crippen LogP contribution in [0.15, 0.2) is 44.5 Å². The quantitative estimate of drug-likeness (QED) is 0.155. The maximum Gasteiger partial charge on any atom is 0.262 e. The number of hydrazine groups is 1. The fraction of sp³-hybridized carbons (Fsp3) is 0.312. The van der Waals surface area contributed by atoms with Crippen LogP contribution in [0.2, 0.25) is 0 Å². The second-order valence-electron chi connectivity index (χ2n) is 5.25. The van der Waals surface area contributed by atoms with Crippen molar-refractivity contribution in [1.82, 2.24) is 15.1 Å². The van der Waals surface area contributed by atoms with Gasteiger partial charge in [0, 0.05) is 23.4 Å². The predicted octanol–water partition coefficient (Wildman–Crippen LogP) is 2.49. The summed E-state index contributed by atoms with van der Waals surface area (Å²) in [7, 11) is -3.57. The molecule has 0 aliphatic rings. The lowest BCUT2D eigenvalue weighted by atomic mass is 10.2. The van der Waals surface area contributed by atoms with Gasteiger partial charge in [0.2, 0.25) is 5.13 Å². The molecular formula is C16H23ClN6O2S3. The normalized spacial score (nSPS) is 11.6. The first-order valence-corrected chi connectivity index (χ1v) is 11.7. The first kappa shape index (κ1) is 24.4. The third-order valence-electron chi connectivity index (χ3n) is 3.34. The number of rotatable bonds is 11. The third-order valence-corrected chi connectivity index (χ3v) is 6.42. The SMILES string of the molecule is CCc1ccc(S(=O)(=O)NC=NCCSCc2csc(N=CNN)n2)cc1.Cl. The number of aromatic nitrogens is 1. The van der Waals surface area contributed by atoms with Gasteiger partial charge in [-0.2, -0.15) is 11.8 Å². The molecule has 0 radical (unpaired) electrons. The van der Waals surface area contributed by atoms with E-state index in [0.717, 1.165) is 29.2 Å². The van der Waals surface area contributed by atoms with Crippen LogP contribution in [0.3, 0.4) is 0 Å². The second kappa shape index (κ2) is 12.7. The van der Waals surface area contributed by atoms with E-state index in [4.69, 9.17) is 5.84 Å².